The molecule has 96 valence electrons. The molecule has 0 spiro atoms. The molecule has 5 nitrogen and oxygen atoms in total. The van der Waals surface area contributed by atoms with E-state index >= 15 is 0 Å². The summed E-state index contributed by atoms with van der Waals surface area (Å²) in [5.74, 6) is 1.33. The molecule has 2 heterocycles. The van der Waals surface area contributed by atoms with Crippen LogP contribution in [0.3, 0.4) is 0 Å². The molecule has 0 radical (unpaired) electrons. The highest BCUT2D eigenvalue weighted by molar-refractivity contribution is 5.80. The first kappa shape index (κ1) is 11.5. The number of nitrogens with zero attached hydrogens (tertiary/aromatic N) is 3. The lowest BCUT2D eigenvalue weighted by atomic mass is 10.2. The molecule has 0 saturated heterocycles. The molecule has 0 atom stereocenters. The van der Waals surface area contributed by atoms with Crippen LogP contribution in [-0.2, 0) is 7.05 Å². The summed E-state index contributed by atoms with van der Waals surface area (Å²) in [5.41, 5.74) is 2.66. The van der Waals surface area contributed by atoms with Crippen LogP contribution in [0.15, 0.2) is 36.7 Å². The fourth-order valence-electron chi connectivity index (χ4n) is 2.14. The Balaban J connectivity index is 2.19. The van der Waals surface area contributed by atoms with E-state index < -0.39 is 0 Å². The molecule has 1 N–H and O–H groups in total. The van der Waals surface area contributed by atoms with E-state index in [1.54, 1.807) is 24.5 Å². The van der Waals surface area contributed by atoms with Crippen molar-refractivity contribution in [2.45, 2.75) is 0 Å². The van der Waals surface area contributed by atoms with E-state index in [1.165, 1.54) is 7.11 Å². The first-order valence-electron chi connectivity index (χ1n) is 5.84. The second-order valence-electron chi connectivity index (χ2n) is 4.25. The van der Waals surface area contributed by atoms with E-state index in [9.17, 15) is 5.11 Å². The quantitative estimate of drug-likeness (QED) is 0.763. The Labute approximate surface area is 110 Å². The third kappa shape index (κ3) is 1.79. The smallest absolute Gasteiger partial charge is 0.160 e. The predicted molar refractivity (Wildman–Crippen MR) is 72.2 cm³/mol. The van der Waals surface area contributed by atoms with Gasteiger partial charge in [-0.25, -0.2) is 4.98 Å². The van der Waals surface area contributed by atoms with Crippen molar-refractivity contribution >= 4 is 11.0 Å². The molecule has 0 aliphatic heterocycles. The third-order valence-electron chi connectivity index (χ3n) is 3.12. The molecule has 0 aliphatic carbocycles. The lowest BCUT2D eigenvalue weighted by molar-refractivity contribution is 0.373. The Morgan fingerprint density at radius 2 is 2.11 bits per heavy atom. The zero-order valence-electron chi connectivity index (χ0n) is 10.7. The highest BCUT2D eigenvalue weighted by Crippen LogP contribution is 2.31. The molecule has 1 aromatic carbocycles. The number of phenolic OH excluding ortho intramolecular Hbond substituents is 1. The van der Waals surface area contributed by atoms with Gasteiger partial charge in [0.15, 0.2) is 11.5 Å². The Kier molecular flexibility index (Phi) is 2.59. The SMILES string of the molecule is COc1ccc(-c2nc3cnccc3n2C)cc1O. The summed E-state index contributed by atoms with van der Waals surface area (Å²) >= 11 is 0. The number of imidazole rings is 1. The molecule has 0 bridgehead atoms. The van der Waals surface area contributed by atoms with Crippen LogP contribution in [0.25, 0.3) is 22.4 Å². The van der Waals surface area contributed by atoms with Crippen LogP contribution in [0.2, 0.25) is 0 Å². The molecule has 0 aliphatic rings. The van der Waals surface area contributed by atoms with Crippen LogP contribution >= 0.6 is 0 Å². The number of phenols is 1. The number of aromatic nitrogens is 3. The van der Waals surface area contributed by atoms with Crippen molar-refractivity contribution in [1.82, 2.24) is 14.5 Å². The summed E-state index contributed by atoms with van der Waals surface area (Å²) in [6.45, 7) is 0. The number of ether oxygens (including phenoxy) is 1. The fraction of sp³-hybridized carbons (Fsp3) is 0.143. The fourth-order valence-corrected chi connectivity index (χ4v) is 2.14. The van der Waals surface area contributed by atoms with E-state index in [1.807, 2.05) is 23.7 Å². The van der Waals surface area contributed by atoms with Gasteiger partial charge in [0, 0.05) is 18.8 Å². The molecule has 5 heteroatoms. The number of rotatable bonds is 2. The Hall–Kier alpha value is -2.56. The Bertz CT molecular complexity index is 750. The van der Waals surface area contributed by atoms with Gasteiger partial charge in [-0.05, 0) is 24.3 Å². The number of hydrogen-bond donors (Lipinski definition) is 1. The predicted octanol–water partition coefficient (Wildman–Crippen LogP) is 2.35. The Morgan fingerprint density at radius 3 is 2.79 bits per heavy atom. The normalized spacial score (nSPS) is 10.8. The minimum atomic E-state index is 0.102. The summed E-state index contributed by atoms with van der Waals surface area (Å²) < 4.78 is 7.01. The van der Waals surface area contributed by atoms with Crippen molar-refractivity contribution in [3.05, 3.63) is 36.7 Å². The number of benzene rings is 1. The van der Waals surface area contributed by atoms with Crippen LogP contribution in [0.5, 0.6) is 11.5 Å². The molecule has 2 aromatic heterocycles. The summed E-state index contributed by atoms with van der Waals surface area (Å²) in [5, 5.41) is 9.84. The molecule has 0 fully saturated rings. The first-order chi connectivity index (χ1) is 9.20. The minimum Gasteiger partial charge on any atom is -0.504 e. The molecular formula is C14H13N3O2. The van der Waals surface area contributed by atoms with Crippen molar-refractivity contribution in [3.8, 4) is 22.9 Å². The lowest BCUT2D eigenvalue weighted by Gasteiger charge is -2.06. The Morgan fingerprint density at radius 1 is 1.26 bits per heavy atom. The molecule has 3 rings (SSSR count). The molecule has 0 amide bonds. The van der Waals surface area contributed by atoms with Crippen LogP contribution in [0, 0.1) is 0 Å². The van der Waals surface area contributed by atoms with E-state index in [4.69, 9.17) is 4.74 Å². The van der Waals surface area contributed by atoms with Crippen LogP contribution in [-0.4, -0.2) is 26.8 Å². The van der Waals surface area contributed by atoms with E-state index in [2.05, 4.69) is 9.97 Å². The van der Waals surface area contributed by atoms with Gasteiger partial charge in [-0.1, -0.05) is 0 Å². The largest absolute Gasteiger partial charge is 0.504 e. The van der Waals surface area contributed by atoms with Gasteiger partial charge in [-0.15, -0.1) is 0 Å². The number of pyridine rings is 1. The molecule has 19 heavy (non-hydrogen) atoms. The monoisotopic (exact) mass is 255 g/mol. The first-order valence-corrected chi connectivity index (χ1v) is 5.84. The van der Waals surface area contributed by atoms with Crippen molar-refractivity contribution in [2.24, 2.45) is 7.05 Å². The minimum absolute atomic E-state index is 0.102. The second-order valence-corrected chi connectivity index (χ2v) is 4.25. The highest BCUT2D eigenvalue weighted by atomic mass is 16.5. The van der Waals surface area contributed by atoms with Gasteiger partial charge in [0.05, 0.1) is 18.8 Å². The van der Waals surface area contributed by atoms with Crippen molar-refractivity contribution < 1.29 is 9.84 Å². The van der Waals surface area contributed by atoms with Crippen LogP contribution in [0.1, 0.15) is 0 Å². The van der Waals surface area contributed by atoms with Gasteiger partial charge in [-0.3, -0.25) is 4.98 Å². The second kappa shape index (κ2) is 4.28. The topological polar surface area (TPSA) is 60.2 Å². The molecule has 3 aromatic rings. The molecule has 0 saturated carbocycles. The number of aromatic hydroxyl groups is 1. The number of aryl methyl sites for hydroxylation is 1. The lowest BCUT2D eigenvalue weighted by Crippen LogP contribution is -1.93. The van der Waals surface area contributed by atoms with Gasteiger partial charge < -0.3 is 14.4 Å². The zero-order valence-corrected chi connectivity index (χ0v) is 10.7. The maximum absolute atomic E-state index is 9.84. The number of fused-ring (bicyclic) bond motifs is 1. The number of hydrogen-bond acceptors (Lipinski definition) is 4. The van der Waals surface area contributed by atoms with Gasteiger partial charge >= 0.3 is 0 Å². The van der Waals surface area contributed by atoms with Gasteiger partial charge in [0.25, 0.3) is 0 Å². The summed E-state index contributed by atoms with van der Waals surface area (Å²) in [6.07, 6.45) is 3.46. The van der Waals surface area contributed by atoms with Crippen molar-refractivity contribution in [3.63, 3.8) is 0 Å². The molecular weight excluding hydrogens is 242 g/mol. The van der Waals surface area contributed by atoms with E-state index in [0.717, 1.165) is 22.4 Å². The van der Waals surface area contributed by atoms with Gasteiger partial charge in [-0.2, -0.15) is 0 Å². The standard InChI is InChI=1S/C14H13N3O2/c1-17-11-5-6-15-8-10(11)16-14(17)9-3-4-13(19-2)12(18)7-9/h3-8,18H,1-2H3. The van der Waals surface area contributed by atoms with Crippen molar-refractivity contribution in [1.29, 1.82) is 0 Å². The summed E-state index contributed by atoms with van der Waals surface area (Å²) in [6, 6.07) is 7.15. The van der Waals surface area contributed by atoms with Crippen molar-refractivity contribution in [2.75, 3.05) is 7.11 Å². The zero-order chi connectivity index (χ0) is 13.4. The summed E-state index contributed by atoms with van der Waals surface area (Å²) in [4.78, 5) is 8.59. The summed E-state index contributed by atoms with van der Waals surface area (Å²) in [7, 11) is 3.46. The third-order valence-corrected chi connectivity index (χ3v) is 3.12. The average molecular weight is 255 g/mol. The highest BCUT2D eigenvalue weighted by Gasteiger charge is 2.11. The number of methoxy groups -OCH3 is 1. The van der Waals surface area contributed by atoms with Crippen LogP contribution in [0.4, 0.5) is 0 Å². The van der Waals surface area contributed by atoms with E-state index in [-0.39, 0.29) is 5.75 Å². The van der Waals surface area contributed by atoms with Gasteiger partial charge in [0.2, 0.25) is 0 Å². The maximum atomic E-state index is 9.84. The average Bonchev–Trinajstić information content (AvgIpc) is 2.77. The maximum Gasteiger partial charge on any atom is 0.160 e. The molecule has 0 unspecified atom stereocenters. The van der Waals surface area contributed by atoms with Crippen LogP contribution < -0.4 is 4.74 Å². The van der Waals surface area contributed by atoms with E-state index in [0.29, 0.717) is 5.75 Å². The van der Waals surface area contributed by atoms with Gasteiger partial charge in [0.1, 0.15) is 11.3 Å².